The van der Waals surface area contributed by atoms with Gasteiger partial charge in [-0.3, -0.25) is 4.79 Å². The summed E-state index contributed by atoms with van der Waals surface area (Å²) in [6.07, 6.45) is 11.7. The lowest BCUT2D eigenvalue weighted by Crippen LogP contribution is -2.31. The van der Waals surface area contributed by atoms with Crippen molar-refractivity contribution in [1.82, 2.24) is 15.3 Å². The molecule has 0 bridgehead atoms. The number of methoxy groups -OCH3 is 1. The van der Waals surface area contributed by atoms with Gasteiger partial charge in [-0.25, -0.2) is 4.98 Å². The van der Waals surface area contributed by atoms with Crippen molar-refractivity contribution >= 4 is 11.5 Å². The van der Waals surface area contributed by atoms with Gasteiger partial charge in [0.05, 0.1) is 7.11 Å². The standard InChI is InChI=1S/C26H29N3O2/c1-20(8-6-12-25-27-18-19-28-25)29-26(30)13-7-11-24(21-9-4-3-5-10-21)22-14-16-23(31-2)17-15-22/h3-5,7,9-11,13-20H,6,8,12H2,1-2H3,(H,27,28)(H,29,30)/t20-/m1/s1. The predicted molar refractivity (Wildman–Crippen MR) is 125 cm³/mol. The molecule has 3 aromatic rings. The number of benzene rings is 2. The highest BCUT2D eigenvalue weighted by Gasteiger charge is 2.07. The number of aryl methyl sites for hydroxylation is 1. The van der Waals surface area contributed by atoms with Gasteiger partial charge in [-0.1, -0.05) is 54.6 Å². The van der Waals surface area contributed by atoms with E-state index in [2.05, 4.69) is 27.4 Å². The highest BCUT2D eigenvalue weighted by Crippen LogP contribution is 2.25. The number of hydrogen-bond acceptors (Lipinski definition) is 3. The fourth-order valence-corrected chi connectivity index (χ4v) is 3.35. The first-order valence-corrected chi connectivity index (χ1v) is 10.5. The molecule has 31 heavy (non-hydrogen) atoms. The second-order valence-electron chi connectivity index (χ2n) is 7.37. The van der Waals surface area contributed by atoms with Crippen LogP contribution in [0, 0.1) is 0 Å². The van der Waals surface area contributed by atoms with Gasteiger partial charge >= 0.3 is 0 Å². The van der Waals surface area contributed by atoms with E-state index in [1.54, 1.807) is 25.5 Å². The molecule has 0 aliphatic rings. The van der Waals surface area contributed by atoms with Crippen LogP contribution in [0.2, 0.25) is 0 Å². The molecule has 3 rings (SSSR count). The van der Waals surface area contributed by atoms with Gasteiger partial charge in [0.1, 0.15) is 11.6 Å². The molecule has 5 heteroatoms. The van der Waals surface area contributed by atoms with E-state index in [9.17, 15) is 4.79 Å². The van der Waals surface area contributed by atoms with Gasteiger partial charge in [-0.2, -0.15) is 0 Å². The van der Waals surface area contributed by atoms with E-state index in [-0.39, 0.29) is 11.9 Å². The van der Waals surface area contributed by atoms with Crippen molar-refractivity contribution < 1.29 is 9.53 Å². The van der Waals surface area contributed by atoms with Crippen LogP contribution in [0.15, 0.2) is 85.2 Å². The molecular formula is C26H29N3O2. The number of nitrogens with zero attached hydrogens (tertiary/aromatic N) is 1. The lowest BCUT2D eigenvalue weighted by Gasteiger charge is -2.11. The summed E-state index contributed by atoms with van der Waals surface area (Å²) in [6, 6.07) is 18.1. The fraction of sp³-hybridized carbons (Fsp3) is 0.231. The van der Waals surface area contributed by atoms with Crippen LogP contribution in [0.3, 0.4) is 0 Å². The van der Waals surface area contributed by atoms with E-state index in [4.69, 9.17) is 4.74 Å². The Morgan fingerprint density at radius 1 is 1.13 bits per heavy atom. The number of carbonyl (C=O) groups excluding carboxylic acids is 1. The van der Waals surface area contributed by atoms with E-state index in [0.29, 0.717) is 0 Å². The molecule has 160 valence electrons. The Morgan fingerprint density at radius 3 is 2.55 bits per heavy atom. The lowest BCUT2D eigenvalue weighted by atomic mass is 9.97. The summed E-state index contributed by atoms with van der Waals surface area (Å²) in [5.41, 5.74) is 3.19. The van der Waals surface area contributed by atoms with Crippen LogP contribution >= 0.6 is 0 Å². The minimum Gasteiger partial charge on any atom is -0.497 e. The minimum atomic E-state index is -0.0936. The molecule has 0 fully saturated rings. The van der Waals surface area contributed by atoms with E-state index >= 15 is 0 Å². The molecule has 5 nitrogen and oxygen atoms in total. The summed E-state index contributed by atoms with van der Waals surface area (Å²) in [6.45, 7) is 2.02. The van der Waals surface area contributed by atoms with Crippen LogP contribution < -0.4 is 10.1 Å². The van der Waals surface area contributed by atoms with Gasteiger partial charge < -0.3 is 15.0 Å². The zero-order valence-corrected chi connectivity index (χ0v) is 18.0. The average Bonchev–Trinajstić information content (AvgIpc) is 3.31. The molecule has 1 aromatic heterocycles. The number of aromatic amines is 1. The zero-order valence-electron chi connectivity index (χ0n) is 18.0. The first-order valence-electron chi connectivity index (χ1n) is 10.5. The van der Waals surface area contributed by atoms with Crippen molar-refractivity contribution in [2.45, 2.75) is 32.2 Å². The molecule has 0 aliphatic carbocycles. The van der Waals surface area contributed by atoms with E-state index in [1.165, 1.54) is 0 Å². The maximum absolute atomic E-state index is 12.3. The number of allylic oxidation sites excluding steroid dienone is 2. The minimum absolute atomic E-state index is 0.0936. The maximum Gasteiger partial charge on any atom is 0.244 e. The highest BCUT2D eigenvalue weighted by atomic mass is 16.5. The Kier molecular flexibility index (Phi) is 8.23. The highest BCUT2D eigenvalue weighted by molar-refractivity contribution is 5.89. The van der Waals surface area contributed by atoms with E-state index in [0.717, 1.165) is 47.5 Å². The van der Waals surface area contributed by atoms with Gasteiger partial charge in [0, 0.05) is 30.9 Å². The molecule has 0 saturated heterocycles. The van der Waals surface area contributed by atoms with E-state index < -0.39 is 0 Å². The molecule has 0 radical (unpaired) electrons. The van der Waals surface area contributed by atoms with Crippen LogP contribution in [0.25, 0.3) is 5.57 Å². The van der Waals surface area contributed by atoms with Crippen molar-refractivity contribution in [1.29, 1.82) is 0 Å². The average molecular weight is 416 g/mol. The third-order valence-electron chi connectivity index (χ3n) is 4.99. The monoisotopic (exact) mass is 415 g/mol. The molecule has 0 saturated carbocycles. The summed E-state index contributed by atoms with van der Waals surface area (Å²) in [5, 5.41) is 3.03. The fourth-order valence-electron chi connectivity index (χ4n) is 3.35. The Morgan fingerprint density at radius 2 is 1.87 bits per heavy atom. The Bertz CT molecular complexity index is 991. The maximum atomic E-state index is 12.3. The van der Waals surface area contributed by atoms with E-state index in [1.807, 2.05) is 61.7 Å². The quantitative estimate of drug-likeness (QED) is 0.364. The largest absolute Gasteiger partial charge is 0.497 e. The van der Waals surface area contributed by atoms with Crippen molar-refractivity contribution in [2.75, 3.05) is 7.11 Å². The number of imidazole rings is 1. The summed E-state index contributed by atoms with van der Waals surface area (Å²) in [7, 11) is 1.66. The molecule has 2 N–H and O–H groups in total. The molecule has 2 aromatic carbocycles. The van der Waals surface area contributed by atoms with Crippen LogP contribution in [0.1, 0.15) is 36.7 Å². The van der Waals surface area contributed by atoms with Crippen LogP contribution in [0.4, 0.5) is 0 Å². The van der Waals surface area contributed by atoms with Gasteiger partial charge in [-0.05, 0) is 48.6 Å². The first kappa shape index (κ1) is 22.1. The topological polar surface area (TPSA) is 67.0 Å². The Labute approximate surface area is 183 Å². The van der Waals surface area contributed by atoms with Crippen molar-refractivity contribution in [3.63, 3.8) is 0 Å². The third-order valence-corrected chi connectivity index (χ3v) is 4.99. The summed E-state index contributed by atoms with van der Waals surface area (Å²) >= 11 is 0. The van der Waals surface area contributed by atoms with Crippen molar-refractivity contribution in [3.05, 3.63) is 102 Å². The number of carbonyl (C=O) groups is 1. The zero-order chi connectivity index (χ0) is 21.9. The predicted octanol–water partition coefficient (Wildman–Crippen LogP) is 4.93. The van der Waals surface area contributed by atoms with Gasteiger partial charge in [-0.15, -0.1) is 0 Å². The molecule has 1 atom stereocenters. The molecule has 1 heterocycles. The summed E-state index contributed by atoms with van der Waals surface area (Å²) in [5.74, 6) is 1.70. The number of aromatic nitrogens is 2. The van der Waals surface area contributed by atoms with Crippen LogP contribution in [-0.4, -0.2) is 29.0 Å². The Balaban J connectivity index is 1.61. The molecule has 0 spiro atoms. The Hall–Kier alpha value is -3.60. The molecule has 0 aliphatic heterocycles. The number of H-pyrrole nitrogens is 1. The smallest absolute Gasteiger partial charge is 0.244 e. The van der Waals surface area contributed by atoms with Gasteiger partial charge in [0.15, 0.2) is 0 Å². The van der Waals surface area contributed by atoms with Crippen molar-refractivity contribution in [3.8, 4) is 5.75 Å². The normalized spacial score (nSPS) is 12.6. The summed E-state index contributed by atoms with van der Waals surface area (Å²) < 4.78 is 5.26. The summed E-state index contributed by atoms with van der Waals surface area (Å²) in [4.78, 5) is 19.6. The molecular weight excluding hydrogens is 386 g/mol. The SMILES string of the molecule is COc1ccc(C(=CC=CC(=O)N[C@H](C)CCCc2ncc[nH]2)c2ccccc2)cc1. The van der Waals surface area contributed by atoms with Crippen LogP contribution in [-0.2, 0) is 11.2 Å². The lowest BCUT2D eigenvalue weighted by molar-refractivity contribution is -0.117. The van der Waals surface area contributed by atoms with Gasteiger partial charge in [0.2, 0.25) is 5.91 Å². The van der Waals surface area contributed by atoms with Crippen LogP contribution in [0.5, 0.6) is 5.75 Å². The second-order valence-corrected chi connectivity index (χ2v) is 7.37. The number of hydrogen-bond donors (Lipinski definition) is 2. The number of amides is 1. The third kappa shape index (κ3) is 7.00. The second kappa shape index (κ2) is 11.6. The number of ether oxygens (including phenoxy) is 1. The van der Waals surface area contributed by atoms with Crippen molar-refractivity contribution in [2.24, 2.45) is 0 Å². The molecule has 1 amide bonds. The van der Waals surface area contributed by atoms with Gasteiger partial charge in [0.25, 0.3) is 0 Å². The number of nitrogens with one attached hydrogen (secondary N) is 2. The molecule has 0 unspecified atom stereocenters. The first-order chi connectivity index (χ1) is 15.2. The number of rotatable bonds is 10.